The van der Waals surface area contributed by atoms with Gasteiger partial charge in [0.2, 0.25) is 0 Å². The Morgan fingerprint density at radius 2 is 1.67 bits per heavy atom. The summed E-state index contributed by atoms with van der Waals surface area (Å²) in [6, 6.07) is 8.72. The second-order valence-corrected chi connectivity index (χ2v) is 6.44. The van der Waals surface area contributed by atoms with Crippen molar-refractivity contribution in [2.75, 3.05) is 14.1 Å². The van der Waals surface area contributed by atoms with Crippen molar-refractivity contribution in [1.29, 1.82) is 0 Å². The first-order chi connectivity index (χ1) is 12.8. The van der Waals surface area contributed by atoms with E-state index in [4.69, 9.17) is 4.42 Å². The van der Waals surface area contributed by atoms with Crippen molar-refractivity contribution in [3.05, 3.63) is 59.4 Å². The van der Waals surface area contributed by atoms with Gasteiger partial charge in [-0.25, -0.2) is 0 Å². The van der Waals surface area contributed by atoms with Gasteiger partial charge in [-0.3, -0.25) is 4.79 Å². The summed E-state index contributed by atoms with van der Waals surface area (Å²) in [5.41, 5.74) is 1.03. The number of carbonyl (C=O) groups is 1. The first-order valence-corrected chi connectivity index (χ1v) is 8.12. The van der Waals surface area contributed by atoms with E-state index in [1.807, 2.05) is 19.0 Å². The lowest BCUT2D eigenvalue weighted by atomic mass is 9.95. The van der Waals surface area contributed by atoms with Crippen LogP contribution in [0.3, 0.4) is 0 Å². The molecule has 0 bridgehead atoms. The lowest BCUT2D eigenvalue weighted by Gasteiger charge is -2.15. The average Bonchev–Trinajstić information content (AvgIpc) is 3.14. The van der Waals surface area contributed by atoms with Crippen LogP contribution in [-0.2, 0) is 6.54 Å². The Balaban J connectivity index is 2.16. The van der Waals surface area contributed by atoms with Crippen LogP contribution >= 0.6 is 0 Å². The largest absolute Gasteiger partial charge is 0.507 e. The summed E-state index contributed by atoms with van der Waals surface area (Å²) < 4.78 is 5.39. The third-order valence-corrected chi connectivity index (χ3v) is 4.06. The lowest BCUT2D eigenvalue weighted by Crippen LogP contribution is -2.12. The van der Waals surface area contributed by atoms with Crippen LogP contribution in [0.15, 0.2) is 47.1 Å². The molecule has 4 N–H and O–H groups in total. The van der Waals surface area contributed by atoms with Crippen molar-refractivity contribution in [2.45, 2.75) is 6.54 Å². The van der Waals surface area contributed by atoms with E-state index < -0.39 is 23.0 Å². The minimum atomic E-state index is -0.714. The molecule has 140 valence electrons. The molecule has 0 saturated heterocycles. The molecule has 3 rings (SSSR count). The van der Waals surface area contributed by atoms with Gasteiger partial charge >= 0.3 is 0 Å². The van der Waals surface area contributed by atoms with Crippen molar-refractivity contribution >= 4 is 5.78 Å². The van der Waals surface area contributed by atoms with Crippen molar-refractivity contribution in [3.63, 3.8) is 0 Å². The van der Waals surface area contributed by atoms with Crippen LogP contribution in [0.1, 0.15) is 21.5 Å². The highest BCUT2D eigenvalue weighted by Crippen LogP contribution is 2.38. The number of aromatic hydroxyl groups is 4. The third kappa shape index (κ3) is 3.58. The monoisotopic (exact) mass is 369 g/mol. The molecule has 1 aromatic heterocycles. The maximum Gasteiger partial charge on any atom is 0.200 e. The summed E-state index contributed by atoms with van der Waals surface area (Å²) in [5, 5.41) is 39.5. The Hall–Kier alpha value is -3.45. The molecule has 0 aliphatic rings. The number of hydrogen-bond acceptors (Lipinski definition) is 7. The molecule has 0 unspecified atom stereocenters. The smallest absolute Gasteiger partial charge is 0.200 e. The van der Waals surface area contributed by atoms with E-state index >= 15 is 0 Å². The molecule has 2 aromatic carbocycles. The second kappa shape index (κ2) is 7.05. The third-order valence-electron chi connectivity index (χ3n) is 4.06. The van der Waals surface area contributed by atoms with Crippen molar-refractivity contribution < 1.29 is 29.6 Å². The number of nitrogens with zero attached hydrogens (tertiary/aromatic N) is 1. The van der Waals surface area contributed by atoms with Gasteiger partial charge < -0.3 is 29.7 Å². The molecule has 7 nitrogen and oxygen atoms in total. The molecule has 0 aliphatic carbocycles. The zero-order chi connectivity index (χ0) is 19.7. The lowest BCUT2D eigenvalue weighted by molar-refractivity contribution is 0.103. The van der Waals surface area contributed by atoms with Gasteiger partial charge in [-0.05, 0) is 50.5 Å². The molecule has 0 atom stereocenters. The van der Waals surface area contributed by atoms with Gasteiger partial charge in [-0.2, -0.15) is 0 Å². The minimum absolute atomic E-state index is 0.00904. The summed E-state index contributed by atoms with van der Waals surface area (Å²) in [6.45, 7) is 0.382. The maximum atomic E-state index is 12.9. The standard InChI is InChI=1S/C20H19NO6/c1-21(2)10-13-6-11(17-4-3-5-27-17)7-14(19(13)25)18(24)12-8-15(22)20(26)16(23)9-12/h3-9,22-23,25-26H,10H2,1-2H3. The zero-order valence-electron chi connectivity index (χ0n) is 14.8. The van der Waals surface area contributed by atoms with Gasteiger partial charge in [-0.15, -0.1) is 0 Å². The van der Waals surface area contributed by atoms with Crippen LogP contribution in [0.2, 0.25) is 0 Å². The minimum Gasteiger partial charge on any atom is -0.507 e. The molecule has 7 heteroatoms. The fourth-order valence-electron chi connectivity index (χ4n) is 2.80. The molecule has 0 spiro atoms. The normalized spacial score (nSPS) is 11.1. The first-order valence-electron chi connectivity index (χ1n) is 8.12. The van der Waals surface area contributed by atoms with Crippen LogP contribution in [-0.4, -0.2) is 45.2 Å². The molecule has 0 radical (unpaired) electrons. The highest BCUT2D eigenvalue weighted by Gasteiger charge is 2.22. The van der Waals surface area contributed by atoms with Gasteiger partial charge in [0, 0.05) is 23.2 Å². The van der Waals surface area contributed by atoms with Gasteiger partial charge in [-0.1, -0.05) is 0 Å². The molecular weight excluding hydrogens is 350 g/mol. The number of ketones is 1. The van der Waals surface area contributed by atoms with Gasteiger partial charge in [0.25, 0.3) is 0 Å². The summed E-state index contributed by atoms with van der Waals surface area (Å²) in [5.74, 6) is -2.27. The molecule has 0 saturated carbocycles. The van der Waals surface area contributed by atoms with Crippen LogP contribution in [0.25, 0.3) is 11.3 Å². The van der Waals surface area contributed by atoms with Gasteiger partial charge in [0.15, 0.2) is 23.0 Å². The van der Waals surface area contributed by atoms with Crippen molar-refractivity contribution in [1.82, 2.24) is 4.90 Å². The summed E-state index contributed by atoms with van der Waals surface area (Å²) >= 11 is 0. The topological polar surface area (TPSA) is 114 Å². The highest BCUT2D eigenvalue weighted by molar-refractivity contribution is 6.12. The van der Waals surface area contributed by atoms with Gasteiger partial charge in [0.1, 0.15) is 11.5 Å². The molecule has 0 amide bonds. The number of hydrogen-bond donors (Lipinski definition) is 4. The molecule has 27 heavy (non-hydrogen) atoms. The fourth-order valence-corrected chi connectivity index (χ4v) is 2.80. The molecule has 0 aliphatic heterocycles. The Labute approximate surface area is 155 Å². The fraction of sp³-hybridized carbons (Fsp3) is 0.150. The Morgan fingerprint density at radius 3 is 2.22 bits per heavy atom. The van der Waals surface area contributed by atoms with E-state index in [2.05, 4.69) is 0 Å². The van der Waals surface area contributed by atoms with E-state index in [1.165, 1.54) is 12.3 Å². The van der Waals surface area contributed by atoms with E-state index in [0.717, 1.165) is 12.1 Å². The maximum absolute atomic E-state index is 12.9. The Morgan fingerprint density at radius 1 is 1.00 bits per heavy atom. The molecule has 1 heterocycles. The first kappa shape index (κ1) is 18.3. The van der Waals surface area contributed by atoms with Crippen LogP contribution in [0, 0.1) is 0 Å². The van der Waals surface area contributed by atoms with E-state index in [0.29, 0.717) is 23.4 Å². The summed E-state index contributed by atoms with van der Waals surface area (Å²) in [6.07, 6.45) is 1.51. The van der Waals surface area contributed by atoms with E-state index in [1.54, 1.807) is 18.2 Å². The number of furan rings is 1. The Kier molecular flexibility index (Phi) is 4.79. The van der Waals surface area contributed by atoms with Crippen molar-refractivity contribution in [3.8, 4) is 34.3 Å². The van der Waals surface area contributed by atoms with Crippen LogP contribution in [0.4, 0.5) is 0 Å². The van der Waals surface area contributed by atoms with Gasteiger partial charge in [0.05, 0.1) is 11.8 Å². The van der Waals surface area contributed by atoms with E-state index in [-0.39, 0.29) is 16.9 Å². The number of phenolic OH excluding ortho intramolecular Hbond substituents is 4. The number of benzene rings is 2. The molecule has 0 fully saturated rings. The second-order valence-electron chi connectivity index (χ2n) is 6.44. The number of rotatable bonds is 5. The molecular formula is C20H19NO6. The summed E-state index contributed by atoms with van der Waals surface area (Å²) in [4.78, 5) is 14.8. The SMILES string of the molecule is CN(C)Cc1cc(-c2ccco2)cc(C(=O)c2cc(O)c(O)c(O)c2)c1O. The van der Waals surface area contributed by atoms with Crippen LogP contribution in [0.5, 0.6) is 23.0 Å². The predicted molar refractivity (Wildman–Crippen MR) is 98.1 cm³/mol. The number of carbonyl (C=O) groups excluding carboxylic acids is 1. The zero-order valence-corrected chi connectivity index (χ0v) is 14.8. The Bertz CT molecular complexity index is 969. The summed E-state index contributed by atoms with van der Waals surface area (Å²) in [7, 11) is 3.66. The quantitative estimate of drug-likeness (QED) is 0.404. The van der Waals surface area contributed by atoms with Crippen LogP contribution < -0.4 is 0 Å². The van der Waals surface area contributed by atoms with E-state index in [9.17, 15) is 25.2 Å². The number of phenols is 4. The molecule has 3 aromatic rings. The van der Waals surface area contributed by atoms with Crippen molar-refractivity contribution in [2.24, 2.45) is 0 Å². The average molecular weight is 369 g/mol. The predicted octanol–water partition coefficient (Wildman–Crippen LogP) is 3.06. The highest BCUT2D eigenvalue weighted by atomic mass is 16.3.